The van der Waals surface area contributed by atoms with E-state index in [1.54, 1.807) is 12.1 Å². The van der Waals surface area contributed by atoms with Crippen molar-refractivity contribution in [1.29, 1.82) is 0 Å². The molecule has 0 radical (unpaired) electrons. The number of carbonyl (C=O) groups is 2. The maximum atomic E-state index is 13.0. The third-order valence-corrected chi connectivity index (χ3v) is 12.5. The summed E-state index contributed by atoms with van der Waals surface area (Å²) in [7, 11) is 0. The van der Waals surface area contributed by atoms with Gasteiger partial charge in [0.2, 0.25) is 0 Å². The zero-order valence-electron chi connectivity index (χ0n) is 29.7. The number of nitrogens with one attached hydrogen (secondary N) is 2. The highest BCUT2D eigenvalue weighted by Gasteiger charge is 2.19. The Labute approximate surface area is 315 Å². The lowest BCUT2D eigenvalue weighted by Crippen LogP contribution is -2.43. The average Bonchev–Trinajstić information content (AvgIpc) is 3.67. The van der Waals surface area contributed by atoms with Gasteiger partial charge in [0.1, 0.15) is 0 Å². The van der Waals surface area contributed by atoms with Gasteiger partial charge >= 0.3 is 0 Å². The van der Waals surface area contributed by atoms with E-state index in [9.17, 15) is 9.59 Å². The van der Waals surface area contributed by atoms with Gasteiger partial charge in [0.05, 0.1) is 5.69 Å². The zero-order valence-corrected chi connectivity index (χ0v) is 32.1. The first-order valence-electron chi connectivity index (χ1n) is 18.0. The molecule has 0 spiro atoms. The molecule has 3 heterocycles. The predicted octanol–water partition coefficient (Wildman–Crippen LogP) is 7.67. The van der Waals surface area contributed by atoms with E-state index in [1.807, 2.05) is 65.7 Å². The number of rotatable bonds is 15. The average molecular weight is 744 g/mol. The van der Waals surface area contributed by atoms with Crippen LogP contribution < -0.4 is 10.6 Å². The van der Waals surface area contributed by atoms with Crippen molar-refractivity contribution >= 4 is 58.4 Å². The number of hydrogen-bond acceptors (Lipinski definition) is 10. The van der Waals surface area contributed by atoms with E-state index in [-0.39, 0.29) is 11.8 Å². The molecular formula is C39H49N7O2S3. The summed E-state index contributed by atoms with van der Waals surface area (Å²) in [5, 5.41) is 8.27. The van der Waals surface area contributed by atoms with Crippen molar-refractivity contribution in [2.75, 3.05) is 74.5 Å². The first-order valence-corrected chi connectivity index (χ1v) is 20.8. The van der Waals surface area contributed by atoms with Crippen LogP contribution in [0.5, 0.6) is 0 Å². The molecule has 1 aromatic heterocycles. The van der Waals surface area contributed by atoms with Crippen LogP contribution in [0.3, 0.4) is 0 Å². The fourth-order valence-corrected chi connectivity index (χ4v) is 8.51. The Bertz CT molecular complexity index is 1680. The topological polar surface area (TPSA) is 84.0 Å². The molecule has 2 amide bonds. The number of benzene rings is 3. The maximum Gasteiger partial charge on any atom is 0.284 e. The van der Waals surface area contributed by atoms with Gasteiger partial charge in [-0.25, -0.2) is 13.6 Å². The van der Waals surface area contributed by atoms with Crippen LogP contribution >= 0.6 is 35.2 Å². The molecule has 2 aliphatic heterocycles. The highest BCUT2D eigenvalue weighted by atomic mass is 32.2. The first-order chi connectivity index (χ1) is 24.9. The van der Waals surface area contributed by atoms with Gasteiger partial charge in [0.15, 0.2) is 5.01 Å². The highest BCUT2D eigenvalue weighted by Crippen LogP contribution is 2.25. The van der Waals surface area contributed by atoms with Crippen LogP contribution in [0.2, 0.25) is 0 Å². The number of carbonyl (C=O) groups excluding carboxylic acids is 2. The molecule has 0 unspecified atom stereocenters. The van der Waals surface area contributed by atoms with Crippen molar-refractivity contribution in [3.05, 3.63) is 99.9 Å². The molecule has 4 aromatic rings. The largest absolute Gasteiger partial charge is 0.322 e. The van der Waals surface area contributed by atoms with Crippen molar-refractivity contribution in [2.45, 2.75) is 39.8 Å². The molecule has 51 heavy (non-hydrogen) atoms. The Morgan fingerprint density at radius 2 is 1.12 bits per heavy atom. The summed E-state index contributed by atoms with van der Waals surface area (Å²) in [6.07, 6.45) is 2.42. The SMILES string of the molecule is CCCSN1CCN(Cc2ccc(NC(=O)c3ccc(-c4csc(C(=O)Nc5ccc(CN6CCN(SCCC)CC6)cc5)n4)cc3)cc2)CC1. The minimum absolute atomic E-state index is 0.163. The van der Waals surface area contributed by atoms with E-state index in [2.05, 4.69) is 72.1 Å². The summed E-state index contributed by atoms with van der Waals surface area (Å²) in [5.74, 6) is 1.99. The number of hydrogen-bond donors (Lipinski definition) is 2. The van der Waals surface area contributed by atoms with Crippen LogP contribution in [-0.4, -0.2) is 99.1 Å². The number of amides is 2. The summed E-state index contributed by atoms with van der Waals surface area (Å²) in [6.45, 7) is 15.0. The van der Waals surface area contributed by atoms with E-state index in [4.69, 9.17) is 0 Å². The van der Waals surface area contributed by atoms with Gasteiger partial charge in [-0.1, -0.05) is 74.1 Å². The molecule has 9 nitrogen and oxygen atoms in total. The summed E-state index contributed by atoms with van der Waals surface area (Å²) in [5.41, 5.74) is 6.13. The molecule has 12 heteroatoms. The number of aromatic nitrogens is 1. The van der Waals surface area contributed by atoms with Gasteiger partial charge in [0, 0.05) is 105 Å². The Kier molecular flexibility index (Phi) is 14.0. The maximum absolute atomic E-state index is 13.0. The van der Waals surface area contributed by atoms with Gasteiger partial charge in [0.25, 0.3) is 11.8 Å². The van der Waals surface area contributed by atoms with Crippen LogP contribution in [0.1, 0.15) is 58.0 Å². The molecule has 0 atom stereocenters. The second-order valence-electron chi connectivity index (χ2n) is 13.0. The molecular weight excluding hydrogens is 695 g/mol. The first kappa shape index (κ1) is 37.5. The van der Waals surface area contributed by atoms with Crippen LogP contribution in [0, 0.1) is 0 Å². The Morgan fingerprint density at radius 3 is 1.59 bits per heavy atom. The molecule has 0 aliphatic carbocycles. The lowest BCUT2D eigenvalue weighted by atomic mass is 10.1. The van der Waals surface area contributed by atoms with E-state index < -0.39 is 0 Å². The lowest BCUT2D eigenvalue weighted by Gasteiger charge is -2.33. The Morgan fingerprint density at radius 1 is 0.647 bits per heavy atom. The molecule has 2 aliphatic rings. The quantitative estimate of drug-likeness (QED) is 0.119. The van der Waals surface area contributed by atoms with Gasteiger partial charge in [-0.2, -0.15) is 0 Å². The Balaban J connectivity index is 0.942. The third-order valence-electron chi connectivity index (χ3n) is 9.00. The minimum Gasteiger partial charge on any atom is -0.322 e. The molecule has 0 saturated carbocycles. The van der Waals surface area contributed by atoms with Crippen molar-refractivity contribution in [3.8, 4) is 11.3 Å². The standard InChI is InChI=1S/C39H49N7O2S3/c1-3-25-50-45-21-17-43(18-22-45)27-30-5-13-34(14-6-30)40-37(47)33-11-9-32(10-12-33)36-29-49-39(42-36)38(48)41-35-15-7-31(8-16-35)28-44-19-23-46(24-20-44)51-26-4-2/h5-16,29H,3-4,17-28H2,1-2H3,(H,40,47)(H,41,48). The third kappa shape index (κ3) is 11.1. The van der Waals surface area contributed by atoms with Crippen LogP contribution in [0.25, 0.3) is 11.3 Å². The van der Waals surface area contributed by atoms with Crippen molar-refractivity contribution < 1.29 is 9.59 Å². The molecule has 2 N–H and O–H groups in total. The molecule has 0 bridgehead atoms. The van der Waals surface area contributed by atoms with E-state index >= 15 is 0 Å². The molecule has 6 rings (SSSR count). The smallest absolute Gasteiger partial charge is 0.284 e. The van der Waals surface area contributed by atoms with Gasteiger partial charge < -0.3 is 10.6 Å². The summed E-state index contributed by atoms with van der Waals surface area (Å²) in [6, 6.07) is 23.6. The second kappa shape index (κ2) is 19.0. The summed E-state index contributed by atoms with van der Waals surface area (Å²) in [4.78, 5) is 35.6. The molecule has 3 aromatic carbocycles. The molecule has 2 fully saturated rings. The van der Waals surface area contributed by atoms with Crippen molar-refractivity contribution in [2.24, 2.45) is 0 Å². The number of piperazine rings is 2. The van der Waals surface area contributed by atoms with Crippen molar-refractivity contribution in [1.82, 2.24) is 23.4 Å². The second-order valence-corrected chi connectivity index (χ2v) is 16.2. The van der Waals surface area contributed by atoms with Crippen LogP contribution in [-0.2, 0) is 13.1 Å². The molecule has 2 saturated heterocycles. The normalized spacial score (nSPS) is 16.3. The lowest BCUT2D eigenvalue weighted by molar-refractivity contribution is 0.101. The van der Waals surface area contributed by atoms with Gasteiger partial charge in [-0.3, -0.25) is 19.4 Å². The van der Waals surface area contributed by atoms with Gasteiger partial charge in [-0.05, 0) is 60.4 Å². The van der Waals surface area contributed by atoms with E-state index in [1.165, 1.54) is 46.8 Å². The minimum atomic E-state index is -0.231. The zero-order chi connectivity index (χ0) is 35.4. The fourth-order valence-electron chi connectivity index (χ4n) is 6.07. The van der Waals surface area contributed by atoms with Crippen LogP contribution in [0.4, 0.5) is 11.4 Å². The predicted molar refractivity (Wildman–Crippen MR) is 216 cm³/mol. The summed E-state index contributed by atoms with van der Waals surface area (Å²) < 4.78 is 4.96. The van der Waals surface area contributed by atoms with Crippen LogP contribution in [0.15, 0.2) is 78.2 Å². The highest BCUT2D eigenvalue weighted by molar-refractivity contribution is 7.97. The number of nitrogens with zero attached hydrogens (tertiary/aromatic N) is 5. The number of anilines is 2. The fraction of sp³-hybridized carbons (Fsp3) is 0.410. The van der Waals surface area contributed by atoms with Crippen molar-refractivity contribution in [3.63, 3.8) is 0 Å². The van der Waals surface area contributed by atoms with Gasteiger partial charge in [-0.15, -0.1) is 11.3 Å². The van der Waals surface area contributed by atoms with E-state index in [0.29, 0.717) is 16.3 Å². The molecule has 270 valence electrons. The van der Waals surface area contributed by atoms with E-state index in [0.717, 1.165) is 82.4 Å². The monoisotopic (exact) mass is 743 g/mol. The Hall–Kier alpha value is -3.23. The summed E-state index contributed by atoms with van der Waals surface area (Å²) >= 11 is 5.24. The number of thiazole rings is 1.